The molecule has 20 heavy (non-hydrogen) atoms. The van der Waals surface area contributed by atoms with Crippen molar-refractivity contribution in [1.29, 1.82) is 0 Å². The van der Waals surface area contributed by atoms with E-state index in [1.807, 2.05) is 19.2 Å². The van der Waals surface area contributed by atoms with Crippen LogP contribution in [0.5, 0.6) is 0 Å². The number of halogens is 1. The molecule has 3 aromatic rings. The summed E-state index contributed by atoms with van der Waals surface area (Å²) >= 11 is 0. The topological polar surface area (TPSA) is 68.8 Å². The largest absolute Gasteiger partial charge is 0.398 e. The van der Waals surface area contributed by atoms with Crippen molar-refractivity contribution in [2.45, 2.75) is 6.54 Å². The quantitative estimate of drug-likeness (QED) is 0.717. The van der Waals surface area contributed by atoms with Crippen LogP contribution in [-0.2, 0) is 13.6 Å². The van der Waals surface area contributed by atoms with Gasteiger partial charge in [-0.1, -0.05) is 0 Å². The van der Waals surface area contributed by atoms with E-state index >= 15 is 0 Å². The summed E-state index contributed by atoms with van der Waals surface area (Å²) in [5.74, 6) is -0.407. The average molecular weight is 271 g/mol. The Morgan fingerprint density at radius 2 is 2.20 bits per heavy atom. The third kappa shape index (κ3) is 2.05. The van der Waals surface area contributed by atoms with E-state index in [2.05, 4.69) is 15.4 Å². The van der Waals surface area contributed by atoms with Gasteiger partial charge in [0.15, 0.2) is 5.82 Å². The molecule has 1 aromatic carbocycles. The molecular weight excluding hydrogens is 257 g/mol. The number of rotatable bonds is 3. The molecule has 0 spiro atoms. The highest BCUT2D eigenvalue weighted by molar-refractivity contribution is 5.98. The Bertz CT molecular complexity index is 765. The van der Waals surface area contributed by atoms with Crippen LogP contribution in [0.25, 0.3) is 10.9 Å². The van der Waals surface area contributed by atoms with Gasteiger partial charge in [-0.25, -0.2) is 4.39 Å². The summed E-state index contributed by atoms with van der Waals surface area (Å²) < 4.78 is 15.8. The van der Waals surface area contributed by atoms with E-state index in [-0.39, 0.29) is 0 Å². The summed E-state index contributed by atoms with van der Waals surface area (Å²) in [6, 6.07) is 6.79. The lowest BCUT2D eigenvalue weighted by Crippen LogP contribution is -2.08. The predicted octanol–water partition coefficient (Wildman–Crippen LogP) is 2.30. The second kappa shape index (κ2) is 4.80. The third-order valence-electron chi connectivity index (χ3n) is 3.25. The molecular formula is C14H14FN5. The van der Waals surface area contributed by atoms with Crippen LogP contribution in [0.4, 0.5) is 15.8 Å². The first kappa shape index (κ1) is 12.4. The maximum atomic E-state index is 14.1. The number of fused-ring (bicyclic) bond motifs is 1. The Hall–Kier alpha value is -2.63. The van der Waals surface area contributed by atoms with E-state index in [0.29, 0.717) is 23.4 Å². The molecule has 0 aliphatic rings. The number of hydrogen-bond donors (Lipinski definition) is 2. The number of aromatic nitrogens is 3. The van der Waals surface area contributed by atoms with Crippen LogP contribution in [-0.4, -0.2) is 14.8 Å². The molecule has 0 fully saturated rings. The molecule has 0 saturated heterocycles. The first-order valence-electron chi connectivity index (χ1n) is 6.20. The fourth-order valence-electron chi connectivity index (χ4n) is 2.16. The number of hydrogen-bond acceptors (Lipinski definition) is 4. The van der Waals surface area contributed by atoms with Gasteiger partial charge < -0.3 is 11.1 Å². The number of anilines is 2. The maximum Gasteiger partial charge on any atom is 0.150 e. The van der Waals surface area contributed by atoms with E-state index in [4.69, 9.17) is 5.73 Å². The van der Waals surface area contributed by atoms with E-state index in [1.165, 1.54) is 6.07 Å². The number of nitrogens with one attached hydrogen (secondary N) is 1. The van der Waals surface area contributed by atoms with Gasteiger partial charge in [0.2, 0.25) is 0 Å². The molecule has 0 radical (unpaired) electrons. The summed E-state index contributed by atoms with van der Waals surface area (Å²) in [6.45, 7) is 0.461. The van der Waals surface area contributed by atoms with Gasteiger partial charge in [-0.2, -0.15) is 5.10 Å². The molecule has 0 bridgehead atoms. The Kier molecular flexibility index (Phi) is 2.98. The molecule has 3 rings (SSSR count). The van der Waals surface area contributed by atoms with E-state index in [1.54, 1.807) is 23.1 Å². The number of nitrogen functional groups attached to an aromatic ring is 1. The Balaban J connectivity index is 2.01. The van der Waals surface area contributed by atoms with Crippen LogP contribution >= 0.6 is 0 Å². The molecule has 0 saturated carbocycles. The summed E-state index contributed by atoms with van der Waals surface area (Å²) in [5, 5.41) is 7.88. The van der Waals surface area contributed by atoms with Crippen molar-refractivity contribution in [3.63, 3.8) is 0 Å². The monoisotopic (exact) mass is 271 g/mol. The lowest BCUT2D eigenvalue weighted by atomic mass is 10.1. The van der Waals surface area contributed by atoms with Crippen LogP contribution in [0.2, 0.25) is 0 Å². The third-order valence-corrected chi connectivity index (χ3v) is 3.25. The number of nitrogens with two attached hydrogens (primary N) is 1. The average Bonchev–Trinajstić information content (AvgIpc) is 2.84. The first-order chi connectivity index (χ1) is 9.66. The predicted molar refractivity (Wildman–Crippen MR) is 76.6 cm³/mol. The van der Waals surface area contributed by atoms with Gasteiger partial charge in [0.1, 0.15) is 0 Å². The van der Waals surface area contributed by atoms with E-state index < -0.39 is 5.82 Å². The zero-order chi connectivity index (χ0) is 14.1. The normalized spacial score (nSPS) is 10.9. The smallest absolute Gasteiger partial charge is 0.150 e. The van der Waals surface area contributed by atoms with Crippen LogP contribution in [0.3, 0.4) is 0 Å². The van der Waals surface area contributed by atoms with Crippen molar-refractivity contribution in [3.8, 4) is 0 Å². The molecule has 0 aliphatic heterocycles. The number of benzene rings is 1. The number of nitrogens with zero attached hydrogens (tertiary/aromatic N) is 3. The van der Waals surface area contributed by atoms with Gasteiger partial charge in [-0.3, -0.25) is 9.67 Å². The van der Waals surface area contributed by atoms with E-state index in [0.717, 1.165) is 11.1 Å². The highest BCUT2D eigenvalue weighted by atomic mass is 19.1. The molecule has 0 atom stereocenters. The minimum atomic E-state index is -0.407. The van der Waals surface area contributed by atoms with Gasteiger partial charge >= 0.3 is 0 Å². The van der Waals surface area contributed by atoms with E-state index in [9.17, 15) is 4.39 Å². The van der Waals surface area contributed by atoms with Crippen LogP contribution in [0.15, 0.2) is 36.7 Å². The van der Waals surface area contributed by atoms with Crippen LogP contribution in [0, 0.1) is 5.82 Å². The van der Waals surface area contributed by atoms with Gasteiger partial charge in [0, 0.05) is 30.5 Å². The molecule has 6 heteroatoms. The van der Waals surface area contributed by atoms with Crippen molar-refractivity contribution in [2.24, 2.45) is 7.05 Å². The zero-order valence-electron chi connectivity index (χ0n) is 11.0. The minimum absolute atomic E-state index is 0.357. The lowest BCUT2D eigenvalue weighted by Gasteiger charge is -2.12. The maximum absolute atomic E-state index is 14.1. The minimum Gasteiger partial charge on any atom is -0.398 e. The highest BCUT2D eigenvalue weighted by Gasteiger charge is 2.12. The van der Waals surface area contributed by atoms with Gasteiger partial charge in [0.25, 0.3) is 0 Å². The zero-order valence-corrected chi connectivity index (χ0v) is 11.0. The molecule has 0 aliphatic carbocycles. The van der Waals surface area contributed by atoms with Crippen molar-refractivity contribution in [3.05, 3.63) is 48.2 Å². The molecule has 0 unspecified atom stereocenters. The SMILES string of the molecule is Cn1nccc1CNc1c(F)cc(N)c2cccnc12. The Morgan fingerprint density at radius 3 is 2.95 bits per heavy atom. The lowest BCUT2D eigenvalue weighted by molar-refractivity contribution is 0.631. The highest BCUT2D eigenvalue weighted by Crippen LogP contribution is 2.29. The molecule has 0 amide bonds. The molecule has 2 aromatic heterocycles. The first-order valence-corrected chi connectivity index (χ1v) is 6.20. The van der Waals surface area contributed by atoms with Gasteiger partial charge in [-0.15, -0.1) is 0 Å². The van der Waals surface area contributed by atoms with Crippen molar-refractivity contribution in [1.82, 2.24) is 14.8 Å². The molecule has 102 valence electrons. The Labute approximate surface area is 115 Å². The van der Waals surface area contributed by atoms with Crippen molar-refractivity contribution >= 4 is 22.3 Å². The fraction of sp³-hybridized carbons (Fsp3) is 0.143. The molecule has 3 N–H and O–H groups in total. The summed E-state index contributed by atoms with van der Waals surface area (Å²) in [4.78, 5) is 4.22. The number of aryl methyl sites for hydroxylation is 1. The number of pyridine rings is 1. The fourth-order valence-corrected chi connectivity index (χ4v) is 2.16. The van der Waals surface area contributed by atoms with Crippen LogP contribution < -0.4 is 11.1 Å². The van der Waals surface area contributed by atoms with Gasteiger partial charge in [0.05, 0.1) is 23.4 Å². The Morgan fingerprint density at radius 1 is 1.35 bits per heavy atom. The molecule has 5 nitrogen and oxygen atoms in total. The molecule has 2 heterocycles. The summed E-state index contributed by atoms with van der Waals surface area (Å²) in [7, 11) is 1.84. The second-order valence-corrected chi connectivity index (χ2v) is 4.52. The van der Waals surface area contributed by atoms with Gasteiger partial charge in [-0.05, 0) is 24.3 Å². The second-order valence-electron chi connectivity index (χ2n) is 4.52. The standard InChI is InChI=1S/C14H14FN5/c1-20-9(4-6-19-20)8-18-14-11(15)7-12(16)10-3-2-5-17-13(10)14/h2-7,18H,8,16H2,1H3. The van der Waals surface area contributed by atoms with Crippen molar-refractivity contribution < 1.29 is 4.39 Å². The summed E-state index contributed by atoms with van der Waals surface area (Å²) in [6.07, 6.45) is 3.32. The summed E-state index contributed by atoms with van der Waals surface area (Å²) in [5.41, 5.74) is 8.05. The van der Waals surface area contributed by atoms with Crippen molar-refractivity contribution in [2.75, 3.05) is 11.1 Å². The van der Waals surface area contributed by atoms with Crippen LogP contribution in [0.1, 0.15) is 5.69 Å².